The van der Waals surface area contributed by atoms with Gasteiger partial charge in [-0.25, -0.2) is 0 Å². The number of nitrogens with two attached hydrogens (primary N) is 2. The lowest BCUT2D eigenvalue weighted by Gasteiger charge is -2.09. The van der Waals surface area contributed by atoms with Crippen LogP contribution in [0.25, 0.3) is 6.08 Å². The summed E-state index contributed by atoms with van der Waals surface area (Å²) in [5.41, 5.74) is 12.8. The van der Waals surface area contributed by atoms with Crippen molar-refractivity contribution in [2.75, 3.05) is 0 Å². The van der Waals surface area contributed by atoms with Gasteiger partial charge in [-0.3, -0.25) is 9.59 Å². The highest BCUT2D eigenvalue weighted by molar-refractivity contribution is 5.99. The van der Waals surface area contributed by atoms with Gasteiger partial charge >= 0.3 is 0 Å². The Morgan fingerprint density at radius 2 is 1.55 bits per heavy atom. The number of benzene rings is 2. The molecule has 0 aliphatic rings. The fourth-order valence-electron chi connectivity index (χ4n) is 1.88. The number of carbonyl (C=O) groups excluding carboxylic acids is 2. The lowest BCUT2D eigenvalue weighted by Crippen LogP contribution is -2.15. The monoisotopic (exact) mass is 296 g/mol. The number of hydrogen-bond acceptors (Lipinski definition) is 3. The standard InChI is InChI=1S/C17H16N2O3/c1-2-11-3-5-12(6-4-11)10-22-15-8-13(16(18)20)7-14(9-15)17(19)21/h2-9H,1,10H2,(H2,18,20)(H2,19,21). The molecule has 2 amide bonds. The summed E-state index contributed by atoms with van der Waals surface area (Å²) in [6, 6.07) is 11.9. The Kier molecular flexibility index (Phi) is 4.58. The van der Waals surface area contributed by atoms with Crippen molar-refractivity contribution >= 4 is 17.9 Å². The minimum atomic E-state index is -0.650. The number of ether oxygens (including phenoxy) is 1. The van der Waals surface area contributed by atoms with Crippen LogP contribution in [0.15, 0.2) is 49.0 Å². The van der Waals surface area contributed by atoms with Crippen LogP contribution in [0.2, 0.25) is 0 Å². The van der Waals surface area contributed by atoms with Crippen molar-refractivity contribution in [3.8, 4) is 5.75 Å². The van der Waals surface area contributed by atoms with Crippen molar-refractivity contribution in [1.29, 1.82) is 0 Å². The van der Waals surface area contributed by atoms with Crippen LogP contribution >= 0.6 is 0 Å². The zero-order valence-corrected chi connectivity index (χ0v) is 11.9. The minimum absolute atomic E-state index is 0.174. The van der Waals surface area contributed by atoms with Crippen LogP contribution in [0.5, 0.6) is 5.75 Å². The quantitative estimate of drug-likeness (QED) is 0.854. The molecular weight excluding hydrogens is 280 g/mol. The van der Waals surface area contributed by atoms with E-state index in [1.54, 1.807) is 6.08 Å². The van der Waals surface area contributed by atoms with E-state index < -0.39 is 11.8 Å². The molecule has 0 saturated carbocycles. The van der Waals surface area contributed by atoms with E-state index in [9.17, 15) is 9.59 Å². The minimum Gasteiger partial charge on any atom is -0.489 e. The number of amides is 2. The first-order valence-electron chi connectivity index (χ1n) is 6.58. The highest BCUT2D eigenvalue weighted by atomic mass is 16.5. The van der Waals surface area contributed by atoms with Crippen LogP contribution in [-0.4, -0.2) is 11.8 Å². The Labute approximate surface area is 128 Å². The maximum absolute atomic E-state index is 11.3. The predicted molar refractivity (Wildman–Crippen MR) is 84.3 cm³/mol. The summed E-state index contributed by atoms with van der Waals surface area (Å²) in [6.45, 7) is 3.98. The summed E-state index contributed by atoms with van der Waals surface area (Å²) >= 11 is 0. The second-order valence-corrected chi connectivity index (χ2v) is 4.71. The first-order chi connectivity index (χ1) is 10.5. The predicted octanol–water partition coefficient (Wildman–Crippen LogP) is 2.11. The molecule has 0 atom stereocenters. The number of rotatable bonds is 6. The lowest BCUT2D eigenvalue weighted by molar-refractivity contribution is 0.0999. The van der Waals surface area contributed by atoms with Gasteiger partial charge in [0.1, 0.15) is 12.4 Å². The van der Waals surface area contributed by atoms with Crippen LogP contribution in [0, 0.1) is 0 Å². The van der Waals surface area contributed by atoms with Gasteiger partial charge in [-0.1, -0.05) is 36.9 Å². The molecule has 0 bridgehead atoms. The van der Waals surface area contributed by atoms with Gasteiger partial charge in [0.25, 0.3) is 0 Å². The van der Waals surface area contributed by atoms with Crippen molar-refractivity contribution in [1.82, 2.24) is 0 Å². The highest BCUT2D eigenvalue weighted by Gasteiger charge is 2.10. The Bertz CT molecular complexity index is 689. The van der Waals surface area contributed by atoms with Gasteiger partial charge in [0.05, 0.1) is 0 Å². The highest BCUT2D eigenvalue weighted by Crippen LogP contribution is 2.19. The molecule has 0 saturated heterocycles. The molecule has 22 heavy (non-hydrogen) atoms. The number of hydrogen-bond donors (Lipinski definition) is 2. The Balaban J connectivity index is 2.18. The molecule has 5 nitrogen and oxygen atoms in total. The van der Waals surface area contributed by atoms with E-state index in [4.69, 9.17) is 16.2 Å². The van der Waals surface area contributed by atoms with E-state index in [1.807, 2.05) is 24.3 Å². The molecule has 0 unspecified atom stereocenters. The molecule has 2 rings (SSSR count). The lowest BCUT2D eigenvalue weighted by atomic mass is 10.1. The summed E-state index contributed by atoms with van der Waals surface area (Å²) in [6.07, 6.45) is 1.75. The molecule has 2 aromatic carbocycles. The second kappa shape index (κ2) is 6.58. The Morgan fingerprint density at radius 1 is 1.00 bits per heavy atom. The fraction of sp³-hybridized carbons (Fsp3) is 0.0588. The van der Waals surface area contributed by atoms with Crippen LogP contribution < -0.4 is 16.2 Å². The topological polar surface area (TPSA) is 95.4 Å². The molecule has 112 valence electrons. The molecule has 0 aliphatic carbocycles. The molecule has 0 fully saturated rings. The number of carbonyl (C=O) groups is 2. The number of primary amides is 2. The zero-order chi connectivity index (χ0) is 16.1. The van der Waals surface area contributed by atoms with Gasteiger partial charge in [-0.15, -0.1) is 0 Å². The third-order valence-electron chi connectivity index (χ3n) is 3.10. The largest absolute Gasteiger partial charge is 0.489 e. The van der Waals surface area contributed by atoms with Gasteiger partial charge in [-0.05, 0) is 29.3 Å². The third-order valence-corrected chi connectivity index (χ3v) is 3.10. The molecule has 0 aromatic heterocycles. The van der Waals surface area contributed by atoms with Gasteiger partial charge < -0.3 is 16.2 Å². The van der Waals surface area contributed by atoms with Crippen molar-refractivity contribution in [2.24, 2.45) is 11.5 Å². The molecule has 0 heterocycles. The van der Waals surface area contributed by atoms with E-state index in [0.717, 1.165) is 11.1 Å². The summed E-state index contributed by atoms with van der Waals surface area (Å²) in [5, 5.41) is 0. The van der Waals surface area contributed by atoms with Crippen molar-refractivity contribution in [2.45, 2.75) is 6.61 Å². The molecule has 4 N–H and O–H groups in total. The van der Waals surface area contributed by atoms with E-state index in [1.165, 1.54) is 18.2 Å². The second-order valence-electron chi connectivity index (χ2n) is 4.71. The van der Waals surface area contributed by atoms with Crippen LogP contribution in [0.4, 0.5) is 0 Å². The summed E-state index contributed by atoms with van der Waals surface area (Å²) in [5.74, 6) is -0.940. The van der Waals surface area contributed by atoms with E-state index >= 15 is 0 Å². The van der Waals surface area contributed by atoms with Crippen molar-refractivity contribution in [3.63, 3.8) is 0 Å². The molecule has 0 aliphatic heterocycles. The van der Waals surface area contributed by atoms with Crippen LogP contribution in [0.1, 0.15) is 31.8 Å². The Hall–Kier alpha value is -3.08. The normalized spacial score (nSPS) is 10.0. The molecule has 0 spiro atoms. The summed E-state index contributed by atoms with van der Waals surface area (Å²) in [4.78, 5) is 22.6. The first-order valence-corrected chi connectivity index (χ1v) is 6.58. The first kappa shape index (κ1) is 15.3. The third kappa shape index (κ3) is 3.73. The van der Waals surface area contributed by atoms with Crippen molar-refractivity contribution in [3.05, 3.63) is 71.3 Å². The maximum Gasteiger partial charge on any atom is 0.248 e. The zero-order valence-electron chi connectivity index (χ0n) is 11.9. The summed E-state index contributed by atoms with van der Waals surface area (Å²) in [7, 11) is 0. The van der Waals surface area contributed by atoms with Crippen molar-refractivity contribution < 1.29 is 14.3 Å². The smallest absolute Gasteiger partial charge is 0.248 e. The average Bonchev–Trinajstić information content (AvgIpc) is 2.53. The molecule has 5 heteroatoms. The average molecular weight is 296 g/mol. The van der Waals surface area contributed by atoms with E-state index in [-0.39, 0.29) is 17.7 Å². The van der Waals surface area contributed by atoms with Gasteiger partial charge in [0.15, 0.2) is 0 Å². The van der Waals surface area contributed by atoms with Crippen LogP contribution in [-0.2, 0) is 6.61 Å². The van der Waals surface area contributed by atoms with Gasteiger partial charge in [0.2, 0.25) is 11.8 Å². The Morgan fingerprint density at radius 3 is 2.00 bits per heavy atom. The van der Waals surface area contributed by atoms with Gasteiger partial charge in [0, 0.05) is 11.1 Å². The molecular formula is C17H16N2O3. The maximum atomic E-state index is 11.3. The van der Waals surface area contributed by atoms with E-state index in [2.05, 4.69) is 6.58 Å². The SMILES string of the molecule is C=Cc1ccc(COc2cc(C(N)=O)cc(C(N)=O)c2)cc1. The fourth-order valence-corrected chi connectivity index (χ4v) is 1.88. The molecule has 0 radical (unpaired) electrons. The van der Waals surface area contributed by atoms with E-state index in [0.29, 0.717) is 5.75 Å². The molecule has 2 aromatic rings. The summed E-state index contributed by atoms with van der Waals surface area (Å²) < 4.78 is 5.61. The van der Waals surface area contributed by atoms with Crippen LogP contribution in [0.3, 0.4) is 0 Å². The van der Waals surface area contributed by atoms with Gasteiger partial charge in [-0.2, -0.15) is 0 Å².